The summed E-state index contributed by atoms with van der Waals surface area (Å²) >= 11 is 0.915. The second-order valence-electron chi connectivity index (χ2n) is 6.58. The van der Waals surface area contributed by atoms with Crippen molar-refractivity contribution in [2.75, 3.05) is 0 Å². The molecule has 0 aromatic heterocycles. The van der Waals surface area contributed by atoms with Gasteiger partial charge in [-0.3, -0.25) is 4.99 Å². The molecule has 2 N–H and O–H groups in total. The second-order valence-corrected chi connectivity index (χ2v) is 7.73. The maximum atomic E-state index is 13.0. The Balaban J connectivity index is 0.00000338. The quantitative estimate of drug-likeness (QED) is 0.571. The zero-order valence-electron chi connectivity index (χ0n) is 14.0. The molecule has 1 aromatic carbocycles. The zero-order chi connectivity index (χ0) is 19.2. The highest BCUT2D eigenvalue weighted by atomic mass is 35.5. The Morgan fingerprint density at radius 3 is 1.77 bits per heavy atom. The van der Waals surface area contributed by atoms with E-state index in [4.69, 9.17) is 5.73 Å². The van der Waals surface area contributed by atoms with E-state index in [1.807, 2.05) is 20.8 Å². The lowest BCUT2D eigenvalue weighted by Crippen LogP contribution is -2.26. The van der Waals surface area contributed by atoms with Crippen LogP contribution in [-0.2, 0) is 12.4 Å². The molecule has 1 aliphatic heterocycles. The number of alkyl halides is 6. The second kappa shape index (κ2) is 7.44. The van der Waals surface area contributed by atoms with Crippen LogP contribution in [0.1, 0.15) is 37.5 Å². The van der Waals surface area contributed by atoms with Gasteiger partial charge in [0.2, 0.25) is 0 Å². The van der Waals surface area contributed by atoms with Gasteiger partial charge in [-0.25, -0.2) is 0 Å². The van der Waals surface area contributed by atoms with Crippen molar-refractivity contribution in [3.8, 4) is 0 Å². The minimum absolute atomic E-state index is 0. The summed E-state index contributed by atoms with van der Waals surface area (Å²) in [4.78, 5) is 4.43. The number of aliphatic imine (C=N–C) groups is 1. The van der Waals surface area contributed by atoms with Gasteiger partial charge in [-0.05, 0) is 29.8 Å². The maximum absolute atomic E-state index is 13.0. The van der Waals surface area contributed by atoms with Crippen molar-refractivity contribution < 1.29 is 26.3 Å². The number of nitrogens with two attached hydrogens (primary N) is 1. The highest BCUT2D eigenvalue weighted by Gasteiger charge is 2.37. The van der Waals surface area contributed by atoms with Gasteiger partial charge in [-0.1, -0.05) is 32.5 Å². The molecule has 2 nitrogen and oxygen atoms in total. The molecule has 10 heteroatoms. The average molecular weight is 419 g/mol. The number of halogens is 7. The third-order valence-electron chi connectivity index (χ3n) is 3.42. The largest absolute Gasteiger partial charge is 0.416 e. The highest BCUT2D eigenvalue weighted by Crippen LogP contribution is 2.41. The van der Waals surface area contributed by atoms with Crippen LogP contribution in [0.25, 0.3) is 4.91 Å². The summed E-state index contributed by atoms with van der Waals surface area (Å²) < 4.78 is 78.0. The van der Waals surface area contributed by atoms with Gasteiger partial charge in [0.05, 0.1) is 11.1 Å². The normalized spacial score (nSPS) is 18.8. The Hall–Kier alpha value is -1.19. The third kappa shape index (κ3) is 5.40. The van der Waals surface area contributed by atoms with Crippen molar-refractivity contribution >= 4 is 34.8 Å². The molecule has 0 fully saturated rings. The molecule has 0 amide bonds. The number of allylic oxidation sites excluding steroid dienone is 1. The minimum atomic E-state index is -4.89. The molecule has 0 saturated carbocycles. The molecule has 0 spiro atoms. The van der Waals surface area contributed by atoms with E-state index in [9.17, 15) is 26.3 Å². The Morgan fingerprint density at radius 2 is 1.38 bits per heavy atom. The van der Waals surface area contributed by atoms with E-state index >= 15 is 0 Å². The number of hydrogen-bond acceptors (Lipinski definition) is 3. The molecule has 1 atom stereocenters. The van der Waals surface area contributed by atoms with E-state index in [1.165, 1.54) is 6.08 Å². The smallest absolute Gasteiger partial charge is 0.301 e. The molecule has 0 radical (unpaired) electrons. The topological polar surface area (TPSA) is 38.4 Å². The molecule has 1 aliphatic rings. The molecule has 1 unspecified atom stereocenters. The molecular weight excluding hydrogens is 402 g/mol. The highest BCUT2D eigenvalue weighted by molar-refractivity contribution is 8.08. The molecule has 0 aliphatic carbocycles. The first kappa shape index (κ1) is 22.9. The summed E-state index contributed by atoms with van der Waals surface area (Å²) in [5.41, 5.74) is 2.17. The fourth-order valence-corrected chi connectivity index (χ4v) is 3.01. The van der Waals surface area contributed by atoms with Gasteiger partial charge < -0.3 is 5.73 Å². The van der Waals surface area contributed by atoms with E-state index < -0.39 is 34.4 Å². The van der Waals surface area contributed by atoms with Crippen LogP contribution in [0.5, 0.6) is 0 Å². The summed E-state index contributed by atoms with van der Waals surface area (Å²) in [6.45, 7) is 5.49. The van der Waals surface area contributed by atoms with Crippen molar-refractivity contribution in [3.63, 3.8) is 0 Å². The van der Waals surface area contributed by atoms with E-state index in [0.717, 1.165) is 11.8 Å². The average Bonchev–Trinajstić information content (AvgIpc) is 2.43. The summed E-state index contributed by atoms with van der Waals surface area (Å²) in [7, 11) is 0. The third-order valence-corrected chi connectivity index (χ3v) is 4.38. The molecule has 1 heterocycles. The van der Waals surface area contributed by atoms with Crippen molar-refractivity contribution in [1.82, 2.24) is 0 Å². The van der Waals surface area contributed by atoms with Gasteiger partial charge in [0.1, 0.15) is 5.50 Å². The Bertz CT molecular complexity index is 699. The number of nitrogens with zero attached hydrogens (tertiary/aromatic N) is 1. The van der Waals surface area contributed by atoms with Gasteiger partial charge in [0, 0.05) is 16.0 Å². The summed E-state index contributed by atoms with van der Waals surface area (Å²) in [5.74, 6) is 0. The fourth-order valence-electron chi connectivity index (χ4n) is 2.15. The molecule has 0 bridgehead atoms. The van der Waals surface area contributed by atoms with Gasteiger partial charge in [-0.2, -0.15) is 26.3 Å². The lowest BCUT2D eigenvalue weighted by molar-refractivity contribution is -0.143. The van der Waals surface area contributed by atoms with E-state index in [0.29, 0.717) is 17.8 Å². The number of hydrogen-bond donors (Lipinski definition) is 1. The van der Waals surface area contributed by atoms with Crippen molar-refractivity contribution in [1.29, 1.82) is 0 Å². The first-order chi connectivity index (χ1) is 11.2. The first-order valence-electron chi connectivity index (χ1n) is 7.20. The van der Waals surface area contributed by atoms with Crippen LogP contribution in [0.2, 0.25) is 0 Å². The van der Waals surface area contributed by atoms with Crippen molar-refractivity contribution in [3.05, 3.63) is 41.0 Å². The Morgan fingerprint density at radius 1 is 0.923 bits per heavy atom. The van der Waals surface area contributed by atoms with E-state index in [2.05, 4.69) is 4.99 Å². The van der Waals surface area contributed by atoms with Crippen LogP contribution in [0.3, 0.4) is 0 Å². The fraction of sp³-hybridized carbons (Fsp3) is 0.438. The van der Waals surface area contributed by atoms with Crippen LogP contribution >= 0.6 is 24.2 Å². The monoisotopic (exact) mass is 418 g/mol. The molecular formula is C16H17ClF6N2S. The van der Waals surface area contributed by atoms with Crippen molar-refractivity contribution in [2.24, 2.45) is 16.1 Å². The lowest BCUT2D eigenvalue weighted by atomic mass is 9.89. The standard InChI is InChI=1S/C16H16F6N2S.ClH/c1-14(2,3)12-7-11(25-13(23)24-12)8-4-9(15(17,18)19)6-10(5-8)16(20,21)22;/h4-7,13H,23H2,1-3H3;1H. The summed E-state index contributed by atoms with van der Waals surface area (Å²) in [6.07, 6.45) is -8.29. The van der Waals surface area contributed by atoms with Crippen LogP contribution in [0, 0.1) is 5.41 Å². The van der Waals surface area contributed by atoms with Gasteiger partial charge >= 0.3 is 12.4 Å². The number of thioether (sulfide) groups is 1. The van der Waals surface area contributed by atoms with E-state index in [1.54, 1.807) is 0 Å². The van der Waals surface area contributed by atoms with Crippen LogP contribution in [0.4, 0.5) is 26.3 Å². The molecule has 2 rings (SSSR count). The molecule has 1 aromatic rings. The van der Waals surface area contributed by atoms with Crippen LogP contribution in [-0.4, -0.2) is 11.2 Å². The SMILES string of the molecule is CC(C)(C)C1=NC(N)SC(c2cc(C(F)(F)F)cc(C(F)(F)F)c2)=C1.Cl. The van der Waals surface area contributed by atoms with Crippen molar-refractivity contribution in [2.45, 2.75) is 38.6 Å². The van der Waals surface area contributed by atoms with Gasteiger partial charge in [0.15, 0.2) is 0 Å². The lowest BCUT2D eigenvalue weighted by Gasteiger charge is -2.26. The van der Waals surface area contributed by atoms with Crippen LogP contribution < -0.4 is 5.73 Å². The van der Waals surface area contributed by atoms with Gasteiger partial charge in [-0.15, -0.1) is 12.4 Å². The summed E-state index contributed by atoms with van der Waals surface area (Å²) in [5, 5.41) is 0. The number of rotatable bonds is 1. The maximum Gasteiger partial charge on any atom is 0.416 e. The Kier molecular flexibility index (Phi) is 6.54. The molecule has 26 heavy (non-hydrogen) atoms. The predicted octanol–water partition coefficient (Wildman–Crippen LogP) is 5.96. The Labute approximate surface area is 157 Å². The zero-order valence-corrected chi connectivity index (χ0v) is 15.6. The minimum Gasteiger partial charge on any atom is -0.301 e. The molecule has 146 valence electrons. The van der Waals surface area contributed by atoms with Crippen LogP contribution in [0.15, 0.2) is 29.3 Å². The van der Waals surface area contributed by atoms with Gasteiger partial charge in [0.25, 0.3) is 0 Å². The molecule has 0 saturated heterocycles. The first-order valence-corrected chi connectivity index (χ1v) is 8.08. The predicted molar refractivity (Wildman–Crippen MR) is 94.1 cm³/mol. The van der Waals surface area contributed by atoms with E-state index in [-0.39, 0.29) is 28.9 Å². The summed E-state index contributed by atoms with van der Waals surface area (Å²) in [6, 6.07) is 1.51. The number of benzene rings is 1.